The summed E-state index contributed by atoms with van der Waals surface area (Å²) in [6, 6.07) is 6.58. The van der Waals surface area contributed by atoms with Gasteiger partial charge < -0.3 is 12.1 Å². The van der Waals surface area contributed by atoms with Gasteiger partial charge in [-0.25, -0.2) is 8.42 Å². The molecular weight excluding hydrogens is 301 g/mol. The molecule has 16 heavy (non-hydrogen) atoms. The predicted octanol–water partition coefficient (Wildman–Crippen LogP) is 2.01. The second kappa shape index (κ2) is 7.13. The predicted molar refractivity (Wildman–Crippen MR) is 58.8 cm³/mol. The first-order chi connectivity index (χ1) is 6.53. The van der Waals surface area contributed by atoms with Crippen LogP contribution < -0.4 is 0 Å². The Balaban J connectivity index is 0. The molecule has 1 aromatic carbocycles. The Kier molecular flexibility index (Phi) is 8.06. The van der Waals surface area contributed by atoms with Crippen LogP contribution in [0.4, 0.5) is 0 Å². The summed E-state index contributed by atoms with van der Waals surface area (Å²) in [6.07, 6.45) is 0. The topological polar surface area (TPSA) is 72.0 Å². The summed E-state index contributed by atoms with van der Waals surface area (Å²) in [5, 5.41) is 8.75. The van der Waals surface area contributed by atoms with Crippen molar-refractivity contribution in [1.29, 1.82) is 5.26 Å². The molecule has 0 fully saturated rings. The molecule has 0 amide bonds. The van der Waals surface area contributed by atoms with Gasteiger partial charge in [0, 0.05) is 32.7 Å². The van der Waals surface area contributed by atoms with E-state index in [0.29, 0.717) is 5.56 Å². The number of sulfonamides is 1. The monoisotopic (exact) mass is 313 g/mol. The molecule has 0 heterocycles. The van der Waals surface area contributed by atoms with Crippen LogP contribution in [0.1, 0.15) is 11.1 Å². The minimum atomic E-state index is -3.67. The molecule has 0 unspecified atom stereocenters. The molecule has 4 nitrogen and oxygen atoms in total. The number of hydrogen-bond acceptors (Lipinski definition) is 3. The van der Waals surface area contributed by atoms with Crippen molar-refractivity contribution < 1.29 is 41.1 Å². The first-order valence-corrected chi connectivity index (χ1v) is 5.32. The Bertz CT molecular complexity index is 492. The van der Waals surface area contributed by atoms with Crippen molar-refractivity contribution in [3.63, 3.8) is 0 Å². The fourth-order valence-electron chi connectivity index (χ4n) is 1.17. The summed E-state index contributed by atoms with van der Waals surface area (Å²) < 4.78 is 26.2. The molecule has 0 aromatic heterocycles. The average Bonchev–Trinajstić information content (AvgIpc) is 2.17. The van der Waals surface area contributed by atoms with Gasteiger partial charge in [-0.1, -0.05) is 12.1 Å². The van der Waals surface area contributed by atoms with Gasteiger partial charge in [-0.2, -0.15) is 12.3 Å². The summed E-state index contributed by atoms with van der Waals surface area (Å²) in [5.74, 6) is 0. The Morgan fingerprint density at radius 1 is 1.38 bits per heavy atom. The van der Waals surface area contributed by atoms with Crippen LogP contribution in [0.3, 0.4) is 0 Å². The normalized spacial score (nSPS) is 9.56. The molecule has 6 heteroatoms. The minimum absolute atomic E-state index is 0. The van der Waals surface area contributed by atoms with Gasteiger partial charge in [0.25, 0.3) is 0 Å². The number of hydrogen-bond donors (Lipinski definition) is 0. The molecule has 0 saturated heterocycles. The zero-order valence-electron chi connectivity index (χ0n) is 9.43. The molecule has 0 spiro atoms. The van der Waals surface area contributed by atoms with Gasteiger partial charge in [0.15, 0.2) is 0 Å². The molecule has 0 atom stereocenters. The van der Waals surface area contributed by atoms with Crippen LogP contribution >= 0.6 is 0 Å². The number of nitrogens with zero attached hydrogens (tertiary/aromatic N) is 2. The Morgan fingerprint density at radius 2 is 1.94 bits per heavy atom. The van der Waals surface area contributed by atoms with Crippen LogP contribution in [-0.2, 0) is 42.7 Å². The van der Waals surface area contributed by atoms with E-state index < -0.39 is 10.0 Å². The van der Waals surface area contributed by atoms with Gasteiger partial charge in [-0.15, -0.1) is 0 Å². The number of aryl methyl sites for hydroxylation is 1. The summed E-state index contributed by atoms with van der Waals surface area (Å²) in [5.41, 5.74) is 0.672. The maximum atomic E-state index is 11.5. The van der Waals surface area contributed by atoms with Crippen LogP contribution in [0.2, 0.25) is 0 Å². The third-order valence-corrected chi connectivity index (χ3v) is 3.37. The van der Waals surface area contributed by atoms with Crippen molar-refractivity contribution in [2.24, 2.45) is 0 Å². The molecule has 0 aliphatic rings. The summed E-state index contributed by atoms with van der Waals surface area (Å²) in [7, 11) is -2.47. The molecule has 85 valence electrons. The zero-order chi connectivity index (χ0) is 10.8. The molecule has 1 radical (unpaired) electrons. The second-order valence-corrected chi connectivity index (χ2v) is 4.44. The Morgan fingerprint density at radius 3 is 2.38 bits per heavy atom. The van der Waals surface area contributed by atoms with E-state index in [1.165, 1.54) is 13.1 Å². The molecule has 0 bridgehead atoms. The van der Waals surface area contributed by atoms with Crippen LogP contribution in [0.5, 0.6) is 0 Å². The van der Waals surface area contributed by atoms with Gasteiger partial charge >= 0.3 is 0 Å². The van der Waals surface area contributed by atoms with E-state index >= 15 is 0 Å². The smallest absolute Gasteiger partial charge is 0.102 e. The first-order valence-electron chi connectivity index (χ1n) is 3.88. The number of benzene rings is 1. The molecule has 1 aromatic rings. The summed E-state index contributed by atoms with van der Waals surface area (Å²) in [6.45, 7) is 1.64. The van der Waals surface area contributed by atoms with Crippen molar-refractivity contribution in [2.75, 3.05) is 7.05 Å². The second-order valence-electron chi connectivity index (χ2n) is 2.72. The van der Waals surface area contributed by atoms with Crippen LogP contribution in [-0.4, -0.2) is 15.5 Å². The molecule has 0 aliphatic heterocycles. The van der Waals surface area contributed by atoms with Crippen LogP contribution in [0.15, 0.2) is 23.1 Å². The van der Waals surface area contributed by atoms with E-state index in [1.807, 2.05) is 6.07 Å². The van der Waals surface area contributed by atoms with Crippen LogP contribution in [0, 0.1) is 25.7 Å². The van der Waals surface area contributed by atoms with E-state index in [1.54, 1.807) is 19.1 Å². The molecule has 0 saturated carbocycles. The van der Waals surface area contributed by atoms with E-state index in [2.05, 4.69) is 4.72 Å². The molecule has 0 aliphatic carbocycles. The summed E-state index contributed by atoms with van der Waals surface area (Å²) >= 11 is 0. The van der Waals surface area contributed by atoms with E-state index in [0.717, 1.165) is 0 Å². The van der Waals surface area contributed by atoms with E-state index in [9.17, 15) is 8.42 Å². The maximum Gasteiger partial charge on any atom is 0.102 e. The van der Waals surface area contributed by atoms with Crippen LogP contribution in [0.25, 0.3) is 4.72 Å². The number of nitriles is 1. The minimum Gasteiger partial charge on any atom is -0.547 e. The fraction of sp³-hybridized carbons (Fsp3) is 0.200. The Hall–Kier alpha value is -0.276. The van der Waals surface area contributed by atoms with Crippen molar-refractivity contribution in [3.8, 4) is 6.07 Å². The third-order valence-electron chi connectivity index (χ3n) is 1.83. The molecular formula is C10H12N2O2SY-2. The maximum absolute atomic E-state index is 11.5. The number of rotatable bonds is 2. The molecule has 0 N–H and O–H groups in total. The van der Waals surface area contributed by atoms with Gasteiger partial charge in [-0.05, 0) is 18.6 Å². The zero-order valence-corrected chi connectivity index (χ0v) is 13.1. The first kappa shape index (κ1) is 18.1. The van der Waals surface area contributed by atoms with Crippen molar-refractivity contribution in [2.45, 2.75) is 11.8 Å². The average molecular weight is 313 g/mol. The van der Waals surface area contributed by atoms with Crippen molar-refractivity contribution in [3.05, 3.63) is 41.5 Å². The van der Waals surface area contributed by atoms with Crippen molar-refractivity contribution in [1.82, 2.24) is 0 Å². The van der Waals surface area contributed by atoms with Gasteiger partial charge in [0.05, 0.1) is 10.5 Å². The Labute approximate surface area is 122 Å². The van der Waals surface area contributed by atoms with E-state index in [-0.39, 0.29) is 50.6 Å². The standard InChI is InChI=1S/C9H9N2O2S.CH3.Y/c1-7-4-3-5-8(6-10)9(7)14(12,13)11-2;;/h3-5H,1-2H3;1H3;/q2*-1;. The van der Waals surface area contributed by atoms with E-state index in [4.69, 9.17) is 5.26 Å². The van der Waals surface area contributed by atoms with Gasteiger partial charge in [0.1, 0.15) is 16.1 Å². The van der Waals surface area contributed by atoms with Crippen molar-refractivity contribution >= 4 is 10.0 Å². The SMILES string of the molecule is C[N-]S(=O)(=O)c1c(C)cccc1C#N.[CH3-].[Y]. The summed E-state index contributed by atoms with van der Waals surface area (Å²) in [4.78, 5) is 0.00463. The largest absolute Gasteiger partial charge is 0.547 e. The van der Waals surface area contributed by atoms with Gasteiger partial charge in [-0.3, -0.25) is 0 Å². The molecule has 1 rings (SSSR count). The third kappa shape index (κ3) is 3.63. The van der Waals surface area contributed by atoms with Gasteiger partial charge in [0.2, 0.25) is 0 Å². The quantitative estimate of drug-likeness (QED) is 0.784. The fourth-order valence-corrected chi connectivity index (χ4v) is 2.22.